The Labute approximate surface area is 183 Å². The van der Waals surface area contributed by atoms with Gasteiger partial charge < -0.3 is 49.4 Å². The molecule has 0 aliphatic heterocycles. The first-order valence-electron chi connectivity index (χ1n) is 6.52. The first-order valence-corrected chi connectivity index (χ1v) is 12.6. The zero-order chi connectivity index (χ0) is 22.3. The molecular weight excluding hydrogens is 507 g/mol. The topological polar surface area (TPSA) is 308 Å². The fourth-order valence-electron chi connectivity index (χ4n) is 2.27. The fraction of sp³-hybridized carbons (Fsp3) is 1.00. The van der Waals surface area contributed by atoms with Crippen molar-refractivity contribution in [2.24, 2.45) is 0 Å². The maximum absolute atomic E-state index is 11.1. The van der Waals surface area contributed by atoms with E-state index < -0.39 is 67.9 Å². The molecule has 0 heterocycles. The van der Waals surface area contributed by atoms with E-state index in [4.69, 9.17) is 39.1 Å². The van der Waals surface area contributed by atoms with Crippen molar-refractivity contribution < 1.29 is 85.7 Å². The minimum atomic E-state index is -5.67. The van der Waals surface area contributed by atoms with Gasteiger partial charge in [0.25, 0.3) is 0 Å². The third kappa shape index (κ3) is 10.7. The van der Waals surface area contributed by atoms with E-state index in [1.807, 2.05) is 0 Å². The Balaban J connectivity index is 0.00000784. The van der Waals surface area contributed by atoms with Crippen LogP contribution < -0.4 is 0 Å². The molecule has 0 aromatic rings. The standard InChI is InChI=1S/C6H16O18P4.Na/c7-1-2(8)4(22-26(12,13)14)6(24-28(18,19)20)5(23-27(15,16)17)3(1)21-25(9,10)11;/h1-8H,(H2,9,10,11)(H2,12,13,14)(H2,15,16,17)(H2,18,19,20);/t1-,2+,3-,4-,5+,6+;/m1./s1. The number of rotatable bonds is 8. The zero-order valence-electron chi connectivity index (χ0n) is 14.0. The van der Waals surface area contributed by atoms with Gasteiger partial charge in [-0.25, -0.2) is 18.3 Å². The molecule has 6 atom stereocenters. The number of hydrogen-bond acceptors (Lipinski definition) is 10. The van der Waals surface area contributed by atoms with Gasteiger partial charge in [-0.05, 0) is 0 Å². The van der Waals surface area contributed by atoms with Gasteiger partial charge in [0.1, 0.15) is 36.6 Å². The smallest absolute Gasteiger partial charge is 0.387 e. The maximum Gasteiger partial charge on any atom is 0.470 e. The first-order chi connectivity index (χ1) is 12.2. The molecule has 1 radical (unpaired) electrons. The van der Waals surface area contributed by atoms with Gasteiger partial charge in [-0.15, -0.1) is 0 Å². The second kappa shape index (κ2) is 10.5. The molecule has 0 bridgehead atoms. The Bertz CT molecular complexity index is 671. The fourth-order valence-corrected chi connectivity index (χ4v) is 4.51. The molecule has 169 valence electrons. The van der Waals surface area contributed by atoms with Gasteiger partial charge in [0.05, 0.1) is 0 Å². The molecule has 1 fully saturated rings. The molecule has 1 saturated carbocycles. The number of hydrogen-bond donors (Lipinski definition) is 10. The third-order valence-electron chi connectivity index (χ3n) is 3.03. The third-order valence-corrected chi connectivity index (χ3v) is 5.10. The molecule has 23 heteroatoms. The van der Waals surface area contributed by atoms with Gasteiger partial charge >= 0.3 is 31.3 Å². The van der Waals surface area contributed by atoms with Gasteiger partial charge in [0, 0.05) is 29.6 Å². The van der Waals surface area contributed by atoms with Crippen LogP contribution in [0.5, 0.6) is 0 Å². The minimum absolute atomic E-state index is 0. The van der Waals surface area contributed by atoms with Gasteiger partial charge in [0.2, 0.25) is 0 Å². The summed E-state index contributed by atoms with van der Waals surface area (Å²) in [6.45, 7) is 0. The largest absolute Gasteiger partial charge is 0.470 e. The summed E-state index contributed by atoms with van der Waals surface area (Å²) in [5.74, 6) is 0. The van der Waals surface area contributed by atoms with Gasteiger partial charge in [-0.1, -0.05) is 0 Å². The second-order valence-electron chi connectivity index (χ2n) is 5.22. The van der Waals surface area contributed by atoms with Crippen LogP contribution >= 0.6 is 31.3 Å². The summed E-state index contributed by atoms with van der Waals surface area (Å²) in [5.41, 5.74) is 0. The molecule has 0 unspecified atom stereocenters. The Morgan fingerprint density at radius 3 is 0.793 bits per heavy atom. The van der Waals surface area contributed by atoms with E-state index in [1.54, 1.807) is 0 Å². The number of aliphatic hydroxyl groups excluding tert-OH is 2. The van der Waals surface area contributed by atoms with E-state index in [0.717, 1.165) is 0 Å². The molecule has 0 spiro atoms. The molecule has 1 aliphatic rings. The summed E-state index contributed by atoms with van der Waals surface area (Å²) in [6, 6.07) is 0. The van der Waals surface area contributed by atoms with E-state index in [9.17, 15) is 28.5 Å². The average Bonchev–Trinajstić information content (AvgIpc) is 2.39. The molecule has 0 saturated heterocycles. The monoisotopic (exact) mass is 523 g/mol. The van der Waals surface area contributed by atoms with Crippen molar-refractivity contribution in [2.75, 3.05) is 0 Å². The van der Waals surface area contributed by atoms with E-state index in [-0.39, 0.29) is 29.6 Å². The average molecular weight is 523 g/mol. The molecule has 29 heavy (non-hydrogen) atoms. The summed E-state index contributed by atoms with van der Waals surface area (Å²) in [4.78, 5) is 71.1. The maximum atomic E-state index is 11.1. The van der Waals surface area contributed by atoms with Crippen molar-refractivity contribution in [1.82, 2.24) is 0 Å². The molecule has 0 amide bonds. The predicted molar refractivity (Wildman–Crippen MR) is 85.4 cm³/mol. The summed E-state index contributed by atoms with van der Waals surface area (Å²) >= 11 is 0. The summed E-state index contributed by atoms with van der Waals surface area (Å²) < 4.78 is 60.6. The van der Waals surface area contributed by atoms with Crippen LogP contribution in [0.25, 0.3) is 0 Å². The van der Waals surface area contributed by atoms with Crippen molar-refractivity contribution in [2.45, 2.75) is 36.6 Å². The van der Waals surface area contributed by atoms with Gasteiger partial charge in [0.15, 0.2) is 0 Å². The molecular formula is C6H16NaO18P4. The number of phosphoric ester groups is 4. The number of phosphoric acid groups is 4. The molecule has 18 nitrogen and oxygen atoms in total. The number of aliphatic hydroxyl groups is 2. The van der Waals surface area contributed by atoms with E-state index in [0.29, 0.717) is 0 Å². The summed E-state index contributed by atoms with van der Waals surface area (Å²) in [5, 5.41) is 19.8. The van der Waals surface area contributed by atoms with Crippen LogP contribution in [0, 0.1) is 0 Å². The van der Waals surface area contributed by atoms with Gasteiger partial charge in [-0.3, -0.25) is 18.1 Å². The van der Waals surface area contributed by atoms with Crippen molar-refractivity contribution in [3.8, 4) is 0 Å². The van der Waals surface area contributed by atoms with Crippen LogP contribution in [0.15, 0.2) is 0 Å². The molecule has 0 aromatic heterocycles. The van der Waals surface area contributed by atoms with E-state index in [2.05, 4.69) is 18.1 Å². The van der Waals surface area contributed by atoms with Crippen LogP contribution in [0.2, 0.25) is 0 Å². The zero-order valence-corrected chi connectivity index (χ0v) is 19.6. The van der Waals surface area contributed by atoms with E-state index >= 15 is 0 Å². The van der Waals surface area contributed by atoms with Crippen molar-refractivity contribution in [1.29, 1.82) is 0 Å². The van der Waals surface area contributed by atoms with Crippen LogP contribution in [0.3, 0.4) is 0 Å². The van der Waals surface area contributed by atoms with Crippen LogP contribution in [0.1, 0.15) is 0 Å². The Morgan fingerprint density at radius 1 is 0.448 bits per heavy atom. The summed E-state index contributed by atoms with van der Waals surface area (Å²) in [6.07, 6.45) is -15.9. The van der Waals surface area contributed by atoms with Crippen LogP contribution in [-0.4, -0.2) is 116 Å². The Hall–Kier alpha value is 1.36. The molecule has 1 rings (SSSR count). The van der Waals surface area contributed by atoms with Gasteiger partial charge in [-0.2, -0.15) is 0 Å². The normalized spacial score (nSPS) is 31.9. The summed E-state index contributed by atoms with van der Waals surface area (Å²) in [7, 11) is -22.5. The first kappa shape index (κ1) is 30.4. The minimum Gasteiger partial charge on any atom is -0.387 e. The van der Waals surface area contributed by atoms with Crippen LogP contribution in [0.4, 0.5) is 0 Å². The van der Waals surface area contributed by atoms with Crippen molar-refractivity contribution in [3.63, 3.8) is 0 Å². The van der Waals surface area contributed by atoms with Crippen LogP contribution in [-0.2, 0) is 36.4 Å². The quantitative estimate of drug-likeness (QED) is 0.108. The predicted octanol–water partition coefficient (Wildman–Crippen LogP) is -3.75. The second-order valence-corrected chi connectivity index (χ2v) is 9.99. The Kier molecular flexibility index (Phi) is 11.0. The van der Waals surface area contributed by atoms with Crippen molar-refractivity contribution >= 4 is 60.8 Å². The molecule has 0 aromatic carbocycles. The Morgan fingerprint density at radius 2 is 0.621 bits per heavy atom. The van der Waals surface area contributed by atoms with Crippen molar-refractivity contribution in [3.05, 3.63) is 0 Å². The van der Waals surface area contributed by atoms with E-state index in [1.165, 1.54) is 0 Å². The molecule has 1 aliphatic carbocycles. The SMILES string of the molecule is O=P(O)(O)O[C@@H]1[C@@H](OP(=O)(O)O)[C@H](OP(=O)(O)O)[C@@H](O)[C@@H](O)[C@H]1OP(=O)(O)O.[Na]. The molecule has 10 N–H and O–H groups in total.